The van der Waals surface area contributed by atoms with E-state index < -0.39 is 0 Å². The van der Waals surface area contributed by atoms with Crippen molar-refractivity contribution in [1.82, 2.24) is 9.97 Å². The Morgan fingerprint density at radius 1 is 1.05 bits per heavy atom. The van der Waals surface area contributed by atoms with Crippen molar-refractivity contribution in [3.8, 4) is 0 Å². The van der Waals surface area contributed by atoms with Crippen LogP contribution in [0.25, 0.3) is 10.9 Å². The van der Waals surface area contributed by atoms with Crippen molar-refractivity contribution < 1.29 is 0 Å². The predicted molar refractivity (Wildman–Crippen MR) is 78.7 cm³/mol. The number of hydrogen-bond donors (Lipinski definition) is 2. The molecule has 0 radical (unpaired) electrons. The molecule has 19 heavy (non-hydrogen) atoms. The first-order chi connectivity index (χ1) is 9.24. The summed E-state index contributed by atoms with van der Waals surface area (Å²) < 4.78 is 0. The lowest BCUT2D eigenvalue weighted by Crippen LogP contribution is -1.97. The molecule has 3 aromatic rings. The van der Waals surface area contributed by atoms with Gasteiger partial charge in [0, 0.05) is 11.1 Å². The first-order valence-corrected chi connectivity index (χ1v) is 6.13. The molecule has 0 aliphatic heterocycles. The van der Waals surface area contributed by atoms with E-state index in [1.807, 2.05) is 24.3 Å². The van der Waals surface area contributed by atoms with Gasteiger partial charge in [-0.25, -0.2) is 9.97 Å². The van der Waals surface area contributed by atoms with E-state index in [-0.39, 0.29) is 0 Å². The second-order valence-corrected chi connectivity index (χ2v) is 4.51. The van der Waals surface area contributed by atoms with Gasteiger partial charge in [0.05, 0.1) is 16.2 Å². The molecule has 0 atom stereocenters. The van der Waals surface area contributed by atoms with Crippen molar-refractivity contribution in [3.63, 3.8) is 0 Å². The number of hydrogen-bond acceptors (Lipinski definition) is 4. The Morgan fingerprint density at radius 3 is 2.79 bits per heavy atom. The standard InChI is InChI=1S/C14H11ClN4/c15-11-6-5-9(16)7-13(11)19-14-10-3-1-2-4-12(10)17-8-18-14/h1-8H,16H2,(H,17,18,19). The monoisotopic (exact) mass is 270 g/mol. The van der Waals surface area contributed by atoms with Crippen LogP contribution >= 0.6 is 11.6 Å². The van der Waals surface area contributed by atoms with Crippen LogP contribution in [0.3, 0.4) is 0 Å². The Hall–Kier alpha value is -2.33. The Kier molecular flexibility index (Phi) is 2.93. The molecule has 0 amide bonds. The predicted octanol–water partition coefficient (Wildman–Crippen LogP) is 3.61. The van der Waals surface area contributed by atoms with E-state index in [0.29, 0.717) is 16.5 Å². The molecule has 0 spiro atoms. The fraction of sp³-hybridized carbons (Fsp3) is 0. The maximum Gasteiger partial charge on any atom is 0.141 e. The number of rotatable bonds is 2. The van der Waals surface area contributed by atoms with Crippen LogP contribution in [0.5, 0.6) is 0 Å². The lowest BCUT2D eigenvalue weighted by atomic mass is 10.2. The molecule has 3 rings (SSSR count). The summed E-state index contributed by atoms with van der Waals surface area (Å²) in [6, 6.07) is 13.1. The van der Waals surface area contributed by atoms with Gasteiger partial charge in [0.25, 0.3) is 0 Å². The van der Waals surface area contributed by atoms with Gasteiger partial charge in [-0.15, -0.1) is 0 Å². The molecule has 0 saturated carbocycles. The number of nitrogens with two attached hydrogens (primary N) is 1. The first-order valence-electron chi connectivity index (χ1n) is 5.76. The van der Waals surface area contributed by atoms with E-state index in [1.165, 1.54) is 6.33 Å². The number of benzene rings is 2. The Bertz CT molecular complexity index is 737. The average molecular weight is 271 g/mol. The van der Waals surface area contributed by atoms with Gasteiger partial charge in [-0.3, -0.25) is 0 Å². The van der Waals surface area contributed by atoms with Crippen molar-refractivity contribution in [2.45, 2.75) is 0 Å². The minimum Gasteiger partial charge on any atom is -0.399 e. The highest BCUT2D eigenvalue weighted by atomic mass is 35.5. The molecule has 0 fully saturated rings. The molecule has 1 heterocycles. The van der Waals surface area contributed by atoms with Crippen molar-refractivity contribution >= 4 is 39.7 Å². The van der Waals surface area contributed by atoms with Gasteiger partial charge in [0.15, 0.2) is 0 Å². The van der Waals surface area contributed by atoms with Crippen LogP contribution in [0.2, 0.25) is 5.02 Å². The molecule has 0 unspecified atom stereocenters. The first kappa shape index (κ1) is 11.7. The normalized spacial score (nSPS) is 10.6. The Morgan fingerprint density at radius 2 is 1.89 bits per heavy atom. The SMILES string of the molecule is Nc1ccc(Cl)c(Nc2ncnc3ccccc23)c1. The molecule has 2 aromatic carbocycles. The van der Waals surface area contributed by atoms with E-state index in [9.17, 15) is 0 Å². The topological polar surface area (TPSA) is 63.8 Å². The zero-order valence-electron chi connectivity index (χ0n) is 9.97. The number of fused-ring (bicyclic) bond motifs is 1. The molecule has 1 aromatic heterocycles. The fourth-order valence-electron chi connectivity index (χ4n) is 1.87. The van der Waals surface area contributed by atoms with E-state index in [4.69, 9.17) is 17.3 Å². The smallest absolute Gasteiger partial charge is 0.141 e. The van der Waals surface area contributed by atoms with Gasteiger partial charge in [-0.05, 0) is 30.3 Å². The van der Waals surface area contributed by atoms with Crippen molar-refractivity contribution in [2.75, 3.05) is 11.1 Å². The quantitative estimate of drug-likeness (QED) is 0.698. The molecule has 3 N–H and O–H groups in total. The number of halogens is 1. The largest absolute Gasteiger partial charge is 0.399 e. The summed E-state index contributed by atoms with van der Waals surface area (Å²) in [6.07, 6.45) is 1.52. The second kappa shape index (κ2) is 4.74. The summed E-state index contributed by atoms with van der Waals surface area (Å²) in [5.41, 5.74) is 8.01. The van der Waals surface area contributed by atoms with E-state index >= 15 is 0 Å². The molecular weight excluding hydrogens is 260 g/mol. The lowest BCUT2D eigenvalue weighted by Gasteiger charge is -2.10. The summed E-state index contributed by atoms with van der Waals surface area (Å²) in [5.74, 6) is 0.707. The minimum absolute atomic E-state index is 0.594. The molecular formula is C14H11ClN4. The Balaban J connectivity index is 2.08. The van der Waals surface area contributed by atoms with E-state index in [2.05, 4.69) is 15.3 Å². The molecule has 4 nitrogen and oxygen atoms in total. The molecule has 0 aliphatic rings. The summed E-state index contributed by atoms with van der Waals surface area (Å²) in [7, 11) is 0. The third-order valence-corrected chi connectivity index (χ3v) is 3.12. The maximum absolute atomic E-state index is 6.14. The van der Waals surface area contributed by atoms with Crippen LogP contribution in [0.4, 0.5) is 17.2 Å². The zero-order chi connectivity index (χ0) is 13.2. The van der Waals surface area contributed by atoms with Crippen LogP contribution in [0.1, 0.15) is 0 Å². The Labute approximate surface area is 115 Å². The highest BCUT2D eigenvalue weighted by Crippen LogP contribution is 2.29. The van der Waals surface area contributed by atoms with Gasteiger partial charge in [-0.2, -0.15) is 0 Å². The zero-order valence-corrected chi connectivity index (χ0v) is 10.7. The molecule has 5 heteroatoms. The average Bonchev–Trinajstić information content (AvgIpc) is 2.43. The van der Waals surface area contributed by atoms with Crippen molar-refractivity contribution in [1.29, 1.82) is 0 Å². The van der Waals surface area contributed by atoms with Crippen LogP contribution in [0.15, 0.2) is 48.8 Å². The highest BCUT2D eigenvalue weighted by Gasteiger charge is 2.06. The number of para-hydroxylation sites is 1. The number of aromatic nitrogens is 2. The van der Waals surface area contributed by atoms with Gasteiger partial charge in [0.2, 0.25) is 0 Å². The third kappa shape index (κ3) is 2.30. The maximum atomic E-state index is 6.14. The second-order valence-electron chi connectivity index (χ2n) is 4.10. The summed E-state index contributed by atoms with van der Waals surface area (Å²) in [4.78, 5) is 8.47. The van der Waals surface area contributed by atoms with Gasteiger partial charge >= 0.3 is 0 Å². The number of nitrogens with zero attached hydrogens (tertiary/aromatic N) is 2. The molecule has 0 aliphatic carbocycles. The number of nitrogens with one attached hydrogen (secondary N) is 1. The fourth-order valence-corrected chi connectivity index (χ4v) is 2.04. The van der Waals surface area contributed by atoms with Gasteiger partial charge < -0.3 is 11.1 Å². The van der Waals surface area contributed by atoms with E-state index in [1.54, 1.807) is 18.2 Å². The minimum atomic E-state index is 0.594. The molecule has 94 valence electrons. The van der Waals surface area contributed by atoms with Crippen LogP contribution < -0.4 is 11.1 Å². The molecule has 0 bridgehead atoms. The number of anilines is 3. The van der Waals surface area contributed by atoms with Crippen molar-refractivity contribution in [2.24, 2.45) is 0 Å². The summed E-state index contributed by atoms with van der Waals surface area (Å²) in [5, 5.41) is 4.72. The molecule has 0 saturated heterocycles. The van der Waals surface area contributed by atoms with Gasteiger partial charge in [-0.1, -0.05) is 23.7 Å². The lowest BCUT2D eigenvalue weighted by molar-refractivity contribution is 1.22. The van der Waals surface area contributed by atoms with E-state index in [0.717, 1.165) is 16.6 Å². The van der Waals surface area contributed by atoms with Crippen LogP contribution in [-0.2, 0) is 0 Å². The van der Waals surface area contributed by atoms with Crippen LogP contribution in [0, 0.1) is 0 Å². The van der Waals surface area contributed by atoms with Gasteiger partial charge in [0.1, 0.15) is 12.1 Å². The van der Waals surface area contributed by atoms with Crippen molar-refractivity contribution in [3.05, 3.63) is 53.8 Å². The third-order valence-electron chi connectivity index (χ3n) is 2.79. The number of nitrogen functional groups attached to an aromatic ring is 1. The summed E-state index contributed by atoms with van der Waals surface area (Å²) >= 11 is 6.14. The highest BCUT2D eigenvalue weighted by molar-refractivity contribution is 6.33. The van der Waals surface area contributed by atoms with Crippen LogP contribution in [-0.4, -0.2) is 9.97 Å². The summed E-state index contributed by atoms with van der Waals surface area (Å²) in [6.45, 7) is 0.